The fourth-order valence-electron chi connectivity index (χ4n) is 1.60. The zero-order chi connectivity index (χ0) is 14.9. The first-order valence-corrected chi connectivity index (χ1v) is 6.83. The predicted octanol–water partition coefficient (Wildman–Crippen LogP) is 3.83. The molecule has 0 aliphatic carbocycles. The third-order valence-electron chi connectivity index (χ3n) is 2.77. The molecule has 0 aliphatic heterocycles. The molecule has 7 heteroatoms. The summed E-state index contributed by atoms with van der Waals surface area (Å²) in [4.78, 5) is 0.204. The summed E-state index contributed by atoms with van der Waals surface area (Å²) in [5.41, 5.74) is 7.88. The molecule has 0 bridgehead atoms. The van der Waals surface area contributed by atoms with Crippen LogP contribution < -0.4 is 10.5 Å². The number of benzene rings is 1. The van der Waals surface area contributed by atoms with Gasteiger partial charge in [0.2, 0.25) is 5.88 Å². The molecule has 0 fully saturated rings. The van der Waals surface area contributed by atoms with Crippen LogP contribution in [-0.2, 0) is 0 Å². The van der Waals surface area contributed by atoms with E-state index in [1.165, 1.54) is 0 Å². The van der Waals surface area contributed by atoms with Gasteiger partial charge in [-0.15, -0.1) is 5.10 Å². The average molecular weight is 328 g/mol. The van der Waals surface area contributed by atoms with Gasteiger partial charge in [-0.2, -0.15) is 5.10 Å². The van der Waals surface area contributed by atoms with Gasteiger partial charge < -0.3 is 10.5 Å². The number of halogens is 2. The molecule has 104 valence electrons. The Hall–Kier alpha value is -1.43. The van der Waals surface area contributed by atoms with Gasteiger partial charge in [0.05, 0.1) is 21.3 Å². The number of thiocarbonyl (C=S) groups is 1. The molecule has 4 nitrogen and oxygen atoms in total. The third kappa shape index (κ3) is 3.00. The summed E-state index contributed by atoms with van der Waals surface area (Å²) in [6.07, 6.45) is 0. The topological polar surface area (TPSA) is 61.0 Å². The molecule has 1 heterocycles. The number of aromatic nitrogens is 2. The van der Waals surface area contributed by atoms with Crippen molar-refractivity contribution in [3.63, 3.8) is 0 Å². The van der Waals surface area contributed by atoms with E-state index in [0.29, 0.717) is 21.4 Å². The molecule has 2 aromatic rings. The van der Waals surface area contributed by atoms with Gasteiger partial charge in [-0.05, 0) is 31.5 Å². The Balaban J connectivity index is 2.45. The minimum Gasteiger partial charge on any atom is -0.437 e. The van der Waals surface area contributed by atoms with E-state index < -0.39 is 0 Å². The second kappa shape index (κ2) is 5.91. The van der Waals surface area contributed by atoms with E-state index in [2.05, 4.69) is 10.2 Å². The molecule has 0 amide bonds. The van der Waals surface area contributed by atoms with Crippen molar-refractivity contribution in [2.75, 3.05) is 0 Å². The molecule has 0 radical (unpaired) electrons. The van der Waals surface area contributed by atoms with Crippen molar-refractivity contribution in [2.45, 2.75) is 13.8 Å². The van der Waals surface area contributed by atoms with Crippen LogP contribution in [0.25, 0.3) is 0 Å². The summed E-state index contributed by atoms with van der Waals surface area (Å²) < 4.78 is 5.66. The van der Waals surface area contributed by atoms with Crippen LogP contribution in [0.2, 0.25) is 10.0 Å². The predicted molar refractivity (Wildman–Crippen MR) is 83.9 cm³/mol. The Morgan fingerprint density at radius 1 is 1.20 bits per heavy atom. The minimum atomic E-state index is 0.204. The Kier molecular flexibility index (Phi) is 4.42. The molecule has 0 unspecified atom stereocenters. The van der Waals surface area contributed by atoms with E-state index >= 15 is 0 Å². The maximum atomic E-state index is 5.94. The number of hydrogen-bond acceptors (Lipinski definition) is 4. The molecule has 1 aromatic heterocycles. The number of hydrogen-bond donors (Lipinski definition) is 1. The van der Waals surface area contributed by atoms with Gasteiger partial charge in [-0.25, -0.2) is 0 Å². The monoisotopic (exact) mass is 327 g/mol. The first-order valence-electron chi connectivity index (χ1n) is 5.66. The fourth-order valence-corrected chi connectivity index (χ4v) is 2.13. The van der Waals surface area contributed by atoms with Crippen molar-refractivity contribution in [1.82, 2.24) is 10.2 Å². The second-order valence-electron chi connectivity index (χ2n) is 4.13. The normalized spacial score (nSPS) is 10.4. The number of nitrogens with zero attached hydrogens (tertiary/aromatic N) is 2. The Labute approximate surface area is 131 Å². The van der Waals surface area contributed by atoms with E-state index in [0.717, 1.165) is 11.3 Å². The smallest absolute Gasteiger partial charge is 0.249 e. The third-order valence-corrected chi connectivity index (χ3v) is 3.72. The molecule has 20 heavy (non-hydrogen) atoms. The summed E-state index contributed by atoms with van der Waals surface area (Å²) in [5.74, 6) is 0.730. The van der Waals surface area contributed by atoms with Crippen molar-refractivity contribution in [3.8, 4) is 11.6 Å². The van der Waals surface area contributed by atoms with Crippen LogP contribution in [0.5, 0.6) is 11.6 Å². The molecule has 0 saturated heterocycles. The van der Waals surface area contributed by atoms with Crippen molar-refractivity contribution in [2.24, 2.45) is 5.73 Å². The van der Waals surface area contributed by atoms with E-state index in [-0.39, 0.29) is 10.9 Å². The van der Waals surface area contributed by atoms with E-state index in [1.54, 1.807) is 18.2 Å². The molecule has 0 saturated carbocycles. The van der Waals surface area contributed by atoms with Crippen LogP contribution in [0.4, 0.5) is 0 Å². The lowest BCUT2D eigenvalue weighted by Gasteiger charge is -2.12. The first-order chi connectivity index (χ1) is 9.40. The Morgan fingerprint density at radius 2 is 1.90 bits per heavy atom. The second-order valence-corrected chi connectivity index (χ2v) is 5.39. The summed E-state index contributed by atoms with van der Waals surface area (Å²) in [6, 6.07) is 4.90. The summed E-state index contributed by atoms with van der Waals surface area (Å²) in [6.45, 7) is 3.69. The summed E-state index contributed by atoms with van der Waals surface area (Å²) in [5, 5.41) is 8.83. The van der Waals surface area contributed by atoms with E-state index in [9.17, 15) is 0 Å². The van der Waals surface area contributed by atoms with Gasteiger partial charge in [0.1, 0.15) is 10.7 Å². The standard InChI is InChI=1S/C13H11Cl2N3OS/c1-6-7(2)17-18-13(11(6)12(16)20)19-8-3-4-9(14)10(15)5-8/h3-5H,1-2H3,(H2,16,20). The molecule has 1 aromatic carbocycles. The lowest BCUT2D eigenvalue weighted by atomic mass is 10.1. The highest BCUT2D eigenvalue weighted by Crippen LogP contribution is 2.30. The fraction of sp³-hybridized carbons (Fsp3) is 0.154. The average Bonchev–Trinajstić information content (AvgIpc) is 2.38. The lowest BCUT2D eigenvalue weighted by Crippen LogP contribution is -2.15. The van der Waals surface area contributed by atoms with Gasteiger partial charge in [-0.1, -0.05) is 35.4 Å². The van der Waals surface area contributed by atoms with Gasteiger partial charge >= 0.3 is 0 Å². The van der Waals surface area contributed by atoms with Crippen molar-refractivity contribution in [1.29, 1.82) is 0 Å². The molecular formula is C13H11Cl2N3OS. The van der Waals surface area contributed by atoms with Crippen LogP contribution in [0.3, 0.4) is 0 Å². The molecule has 0 aliphatic rings. The number of nitrogens with two attached hydrogens (primary N) is 1. The zero-order valence-corrected chi connectivity index (χ0v) is 13.1. The van der Waals surface area contributed by atoms with Crippen molar-refractivity contribution in [3.05, 3.63) is 45.1 Å². The van der Waals surface area contributed by atoms with Crippen LogP contribution >= 0.6 is 35.4 Å². The molecule has 2 N–H and O–H groups in total. The Morgan fingerprint density at radius 3 is 2.50 bits per heavy atom. The molecular weight excluding hydrogens is 317 g/mol. The molecule has 2 rings (SSSR count). The first kappa shape index (κ1) is 15.0. The number of rotatable bonds is 3. The maximum Gasteiger partial charge on any atom is 0.249 e. The zero-order valence-electron chi connectivity index (χ0n) is 10.8. The highest BCUT2D eigenvalue weighted by atomic mass is 35.5. The molecule has 0 atom stereocenters. The summed E-state index contributed by atoms with van der Waals surface area (Å²) in [7, 11) is 0. The SMILES string of the molecule is Cc1nnc(Oc2ccc(Cl)c(Cl)c2)c(C(N)=S)c1C. The number of ether oxygens (including phenoxy) is 1. The van der Waals surface area contributed by atoms with Gasteiger partial charge in [0.15, 0.2) is 0 Å². The van der Waals surface area contributed by atoms with Crippen molar-refractivity contribution < 1.29 is 4.74 Å². The highest BCUT2D eigenvalue weighted by molar-refractivity contribution is 7.80. The van der Waals surface area contributed by atoms with Gasteiger partial charge in [0, 0.05) is 6.07 Å². The lowest BCUT2D eigenvalue weighted by molar-refractivity contribution is 0.452. The van der Waals surface area contributed by atoms with E-state index in [4.69, 9.17) is 45.9 Å². The minimum absolute atomic E-state index is 0.204. The largest absolute Gasteiger partial charge is 0.437 e. The van der Waals surface area contributed by atoms with Crippen LogP contribution in [0, 0.1) is 13.8 Å². The summed E-state index contributed by atoms with van der Waals surface area (Å²) >= 11 is 16.8. The van der Waals surface area contributed by atoms with Crippen molar-refractivity contribution >= 4 is 40.4 Å². The van der Waals surface area contributed by atoms with E-state index in [1.807, 2.05) is 13.8 Å². The highest BCUT2D eigenvalue weighted by Gasteiger charge is 2.16. The van der Waals surface area contributed by atoms with Crippen LogP contribution in [0.1, 0.15) is 16.8 Å². The van der Waals surface area contributed by atoms with Gasteiger partial charge in [-0.3, -0.25) is 0 Å². The molecule has 0 spiro atoms. The van der Waals surface area contributed by atoms with Crippen LogP contribution in [0.15, 0.2) is 18.2 Å². The van der Waals surface area contributed by atoms with Crippen LogP contribution in [-0.4, -0.2) is 15.2 Å². The van der Waals surface area contributed by atoms with Gasteiger partial charge in [0.25, 0.3) is 0 Å². The Bertz CT molecular complexity index is 692. The number of aryl methyl sites for hydroxylation is 1. The quantitative estimate of drug-likeness (QED) is 0.868. The maximum absolute atomic E-state index is 5.94.